The highest BCUT2D eigenvalue weighted by atomic mass is 16.1. The second-order valence-corrected chi connectivity index (χ2v) is 6.77. The van der Waals surface area contributed by atoms with Crippen LogP contribution in [-0.2, 0) is 0 Å². The Hall–Kier alpha value is -3.73. The first-order chi connectivity index (χ1) is 13.6. The van der Waals surface area contributed by atoms with Crippen LogP contribution in [0.5, 0.6) is 0 Å². The smallest absolute Gasteiger partial charge is 0.257 e. The molecular weight excluding hydrogens is 348 g/mol. The van der Waals surface area contributed by atoms with Crippen LogP contribution in [0.4, 0.5) is 17.2 Å². The van der Waals surface area contributed by atoms with Crippen LogP contribution in [0.2, 0.25) is 0 Å². The second-order valence-electron chi connectivity index (χ2n) is 6.77. The Kier molecular flexibility index (Phi) is 4.72. The summed E-state index contributed by atoms with van der Waals surface area (Å²) >= 11 is 0. The van der Waals surface area contributed by atoms with Crippen LogP contribution < -0.4 is 10.6 Å². The monoisotopic (exact) mass is 368 g/mol. The predicted octanol–water partition coefficient (Wildman–Crippen LogP) is 5.24. The zero-order valence-electron chi connectivity index (χ0n) is 15.7. The van der Waals surface area contributed by atoms with Gasteiger partial charge in [0.1, 0.15) is 5.82 Å². The van der Waals surface area contributed by atoms with Crippen molar-refractivity contribution in [2.45, 2.75) is 13.8 Å². The van der Waals surface area contributed by atoms with Gasteiger partial charge in [0.25, 0.3) is 5.91 Å². The van der Waals surface area contributed by atoms with Crippen molar-refractivity contribution in [2.24, 2.45) is 0 Å². The molecule has 2 heterocycles. The van der Waals surface area contributed by atoms with Gasteiger partial charge in [-0.05, 0) is 61.4 Å². The average Bonchev–Trinajstić information content (AvgIpc) is 2.68. The topological polar surface area (TPSA) is 66.9 Å². The summed E-state index contributed by atoms with van der Waals surface area (Å²) in [5.74, 6) is 0.469. The number of carbonyl (C=O) groups excluding carboxylic acids is 1. The average molecular weight is 368 g/mol. The third-order valence-corrected chi connectivity index (χ3v) is 4.40. The molecule has 0 saturated heterocycles. The number of carbonyl (C=O) groups is 1. The number of benzene rings is 2. The maximum absolute atomic E-state index is 12.6. The Morgan fingerprint density at radius 2 is 1.68 bits per heavy atom. The molecule has 4 aromatic rings. The Labute approximate surface area is 163 Å². The van der Waals surface area contributed by atoms with E-state index in [1.54, 1.807) is 24.5 Å². The molecule has 0 atom stereocenters. The molecular formula is C23H20N4O. The molecule has 5 heteroatoms. The van der Waals surface area contributed by atoms with E-state index in [9.17, 15) is 4.79 Å². The third kappa shape index (κ3) is 3.83. The van der Waals surface area contributed by atoms with E-state index in [-0.39, 0.29) is 5.91 Å². The van der Waals surface area contributed by atoms with E-state index in [1.807, 2.05) is 30.3 Å². The molecule has 28 heavy (non-hydrogen) atoms. The van der Waals surface area contributed by atoms with Crippen molar-refractivity contribution in [3.8, 4) is 0 Å². The van der Waals surface area contributed by atoms with Crippen LogP contribution in [-0.4, -0.2) is 15.9 Å². The molecule has 1 amide bonds. The fourth-order valence-electron chi connectivity index (χ4n) is 3.20. The highest BCUT2D eigenvalue weighted by Gasteiger charge is 2.10. The molecule has 0 bridgehead atoms. The van der Waals surface area contributed by atoms with Gasteiger partial charge in [-0.15, -0.1) is 0 Å². The van der Waals surface area contributed by atoms with Gasteiger partial charge in [-0.1, -0.05) is 24.3 Å². The summed E-state index contributed by atoms with van der Waals surface area (Å²) < 4.78 is 0. The van der Waals surface area contributed by atoms with Crippen LogP contribution in [0.25, 0.3) is 10.9 Å². The lowest BCUT2D eigenvalue weighted by atomic mass is 10.1. The maximum Gasteiger partial charge on any atom is 0.257 e. The molecule has 2 aromatic heterocycles. The molecule has 2 N–H and O–H groups in total. The molecule has 0 unspecified atom stereocenters. The Morgan fingerprint density at radius 3 is 2.43 bits per heavy atom. The van der Waals surface area contributed by atoms with Gasteiger partial charge in [0.05, 0.1) is 16.8 Å². The van der Waals surface area contributed by atoms with Crippen LogP contribution in [0.1, 0.15) is 21.5 Å². The lowest BCUT2D eigenvalue weighted by molar-refractivity contribution is 0.102. The number of fused-ring (bicyclic) bond motifs is 1. The minimum absolute atomic E-state index is 0.219. The number of aromatic nitrogens is 2. The highest BCUT2D eigenvalue weighted by molar-refractivity contribution is 6.08. The molecule has 4 rings (SSSR count). The van der Waals surface area contributed by atoms with Crippen molar-refractivity contribution in [3.63, 3.8) is 0 Å². The van der Waals surface area contributed by atoms with Crippen molar-refractivity contribution in [2.75, 3.05) is 10.6 Å². The van der Waals surface area contributed by atoms with Crippen molar-refractivity contribution < 1.29 is 4.79 Å². The van der Waals surface area contributed by atoms with Crippen LogP contribution >= 0.6 is 0 Å². The third-order valence-electron chi connectivity index (χ3n) is 4.40. The number of rotatable bonds is 4. The van der Waals surface area contributed by atoms with E-state index in [2.05, 4.69) is 52.6 Å². The van der Waals surface area contributed by atoms with Crippen LogP contribution in [0.15, 0.2) is 73.1 Å². The molecule has 5 nitrogen and oxygen atoms in total. The highest BCUT2D eigenvalue weighted by Crippen LogP contribution is 2.22. The summed E-state index contributed by atoms with van der Waals surface area (Å²) in [4.78, 5) is 21.4. The molecule has 0 radical (unpaired) electrons. The number of anilines is 3. The van der Waals surface area contributed by atoms with Gasteiger partial charge in [0, 0.05) is 23.5 Å². The molecule has 0 saturated carbocycles. The van der Waals surface area contributed by atoms with E-state index in [1.165, 1.54) is 11.1 Å². The molecule has 0 aliphatic carbocycles. The van der Waals surface area contributed by atoms with Crippen LogP contribution in [0.3, 0.4) is 0 Å². The van der Waals surface area contributed by atoms with E-state index in [4.69, 9.17) is 0 Å². The van der Waals surface area contributed by atoms with Gasteiger partial charge >= 0.3 is 0 Å². The number of para-hydroxylation sites is 1. The SMILES string of the molecule is Cc1cc(C)cc(Nc2ccc(C(=O)Nc3cccc4cccnc34)cn2)c1. The summed E-state index contributed by atoms with van der Waals surface area (Å²) in [6, 6.07) is 19.3. The van der Waals surface area contributed by atoms with Gasteiger partial charge in [-0.3, -0.25) is 9.78 Å². The Bertz CT molecular complexity index is 1130. The van der Waals surface area contributed by atoms with Crippen molar-refractivity contribution >= 4 is 34.0 Å². The lowest BCUT2D eigenvalue weighted by Gasteiger charge is -2.10. The van der Waals surface area contributed by atoms with E-state index in [0.29, 0.717) is 17.1 Å². The van der Waals surface area contributed by atoms with Gasteiger partial charge in [-0.25, -0.2) is 4.98 Å². The summed E-state index contributed by atoms with van der Waals surface area (Å²) in [5, 5.41) is 7.17. The quantitative estimate of drug-likeness (QED) is 0.517. The number of nitrogens with zero attached hydrogens (tertiary/aromatic N) is 2. The maximum atomic E-state index is 12.6. The molecule has 0 spiro atoms. The largest absolute Gasteiger partial charge is 0.340 e. The fraction of sp³-hybridized carbons (Fsp3) is 0.0870. The van der Waals surface area contributed by atoms with Crippen LogP contribution in [0, 0.1) is 13.8 Å². The standard InChI is InChI=1S/C23H20N4O/c1-15-11-16(2)13-19(12-15)26-21-9-8-18(14-25-21)23(28)27-20-7-3-5-17-6-4-10-24-22(17)20/h3-14H,1-2H3,(H,25,26)(H,27,28). The van der Waals surface area contributed by atoms with E-state index in [0.717, 1.165) is 16.6 Å². The number of pyridine rings is 2. The van der Waals surface area contributed by atoms with Gasteiger partial charge in [-0.2, -0.15) is 0 Å². The summed E-state index contributed by atoms with van der Waals surface area (Å²) in [7, 11) is 0. The normalized spacial score (nSPS) is 10.6. The lowest BCUT2D eigenvalue weighted by Crippen LogP contribution is -2.12. The Morgan fingerprint density at radius 1 is 0.893 bits per heavy atom. The number of hydrogen-bond acceptors (Lipinski definition) is 4. The number of aryl methyl sites for hydroxylation is 2. The molecule has 0 fully saturated rings. The first-order valence-electron chi connectivity index (χ1n) is 9.05. The van der Waals surface area contributed by atoms with Crippen molar-refractivity contribution in [1.29, 1.82) is 0 Å². The second kappa shape index (κ2) is 7.48. The van der Waals surface area contributed by atoms with Gasteiger partial charge < -0.3 is 10.6 Å². The summed E-state index contributed by atoms with van der Waals surface area (Å²) in [6.45, 7) is 4.11. The molecule has 0 aliphatic rings. The number of hydrogen-bond donors (Lipinski definition) is 2. The number of amides is 1. The number of nitrogens with one attached hydrogen (secondary N) is 2. The van der Waals surface area contributed by atoms with Gasteiger partial charge in [0.15, 0.2) is 0 Å². The fourth-order valence-corrected chi connectivity index (χ4v) is 3.20. The minimum atomic E-state index is -0.219. The zero-order valence-corrected chi connectivity index (χ0v) is 15.7. The van der Waals surface area contributed by atoms with Crippen molar-refractivity contribution in [1.82, 2.24) is 9.97 Å². The summed E-state index contributed by atoms with van der Waals surface area (Å²) in [6.07, 6.45) is 3.28. The van der Waals surface area contributed by atoms with E-state index >= 15 is 0 Å². The minimum Gasteiger partial charge on any atom is -0.340 e. The first-order valence-corrected chi connectivity index (χ1v) is 9.05. The zero-order chi connectivity index (χ0) is 19.5. The molecule has 0 aliphatic heterocycles. The Balaban J connectivity index is 1.51. The molecule has 138 valence electrons. The van der Waals surface area contributed by atoms with E-state index < -0.39 is 0 Å². The van der Waals surface area contributed by atoms with Crippen molar-refractivity contribution in [3.05, 3.63) is 89.7 Å². The summed E-state index contributed by atoms with van der Waals surface area (Å²) in [5.41, 5.74) is 5.27. The van der Waals surface area contributed by atoms with Gasteiger partial charge in [0.2, 0.25) is 0 Å². The molecule has 2 aromatic carbocycles. The first kappa shape index (κ1) is 17.7. The predicted molar refractivity (Wildman–Crippen MR) is 113 cm³/mol.